The van der Waals surface area contributed by atoms with E-state index in [0.29, 0.717) is 0 Å². The van der Waals surface area contributed by atoms with Gasteiger partial charge in [0, 0.05) is 12.6 Å². The summed E-state index contributed by atoms with van der Waals surface area (Å²) in [6.45, 7) is 8.62. The molecule has 2 unspecified atom stereocenters. The molecule has 1 aliphatic heterocycles. The van der Waals surface area contributed by atoms with Crippen molar-refractivity contribution in [2.24, 2.45) is 5.92 Å². The van der Waals surface area contributed by atoms with Crippen molar-refractivity contribution in [2.45, 2.75) is 39.7 Å². The summed E-state index contributed by atoms with van der Waals surface area (Å²) in [5, 5.41) is 6.69. The van der Waals surface area contributed by atoms with E-state index in [9.17, 15) is 0 Å². The summed E-state index contributed by atoms with van der Waals surface area (Å²) < 4.78 is 0. The monoisotopic (exact) mass is 172 g/mol. The first kappa shape index (κ1) is 11.9. The maximum absolute atomic E-state index is 3.50. The van der Waals surface area contributed by atoms with Crippen LogP contribution < -0.4 is 10.6 Å². The molecule has 2 heteroatoms. The van der Waals surface area contributed by atoms with Crippen LogP contribution in [-0.4, -0.2) is 26.2 Å². The second-order valence-electron chi connectivity index (χ2n) is 3.17. The third-order valence-electron chi connectivity index (χ3n) is 2.34. The average molecular weight is 172 g/mol. The van der Waals surface area contributed by atoms with E-state index in [1.807, 2.05) is 20.9 Å². The highest BCUT2D eigenvalue weighted by Crippen LogP contribution is 2.15. The SMILES string of the molecule is CC.CCC1CNC(CNC)C1. The van der Waals surface area contributed by atoms with Crippen molar-refractivity contribution in [1.29, 1.82) is 0 Å². The highest BCUT2D eigenvalue weighted by Gasteiger charge is 2.21. The fourth-order valence-electron chi connectivity index (χ4n) is 1.62. The van der Waals surface area contributed by atoms with E-state index in [1.165, 1.54) is 19.4 Å². The van der Waals surface area contributed by atoms with Crippen molar-refractivity contribution in [1.82, 2.24) is 10.6 Å². The molecule has 0 radical (unpaired) electrons. The number of hydrogen-bond donors (Lipinski definition) is 2. The summed E-state index contributed by atoms with van der Waals surface area (Å²) in [5.41, 5.74) is 0. The molecule has 1 fully saturated rings. The molecule has 74 valence electrons. The quantitative estimate of drug-likeness (QED) is 0.676. The fraction of sp³-hybridized carbons (Fsp3) is 1.00. The summed E-state index contributed by atoms with van der Waals surface area (Å²) in [5.74, 6) is 0.929. The molecule has 0 aromatic carbocycles. The zero-order valence-corrected chi connectivity index (χ0v) is 8.98. The Bertz CT molecular complexity index is 93.8. The van der Waals surface area contributed by atoms with Gasteiger partial charge in [-0.05, 0) is 25.9 Å². The zero-order valence-electron chi connectivity index (χ0n) is 8.98. The Balaban J connectivity index is 0.000000561. The normalized spacial score (nSPS) is 28.0. The molecule has 1 aliphatic rings. The van der Waals surface area contributed by atoms with Crippen LogP contribution in [0.4, 0.5) is 0 Å². The topological polar surface area (TPSA) is 24.1 Å². The van der Waals surface area contributed by atoms with Crippen molar-refractivity contribution in [2.75, 3.05) is 20.1 Å². The highest BCUT2D eigenvalue weighted by molar-refractivity contribution is 4.81. The largest absolute Gasteiger partial charge is 0.318 e. The lowest BCUT2D eigenvalue weighted by molar-refractivity contribution is 0.524. The van der Waals surface area contributed by atoms with Gasteiger partial charge in [-0.2, -0.15) is 0 Å². The van der Waals surface area contributed by atoms with Crippen molar-refractivity contribution in [3.8, 4) is 0 Å². The van der Waals surface area contributed by atoms with Gasteiger partial charge in [-0.25, -0.2) is 0 Å². The lowest BCUT2D eigenvalue weighted by atomic mass is 10.0. The summed E-state index contributed by atoms with van der Waals surface area (Å²) in [7, 11) is 2.01. The Kier molecular flexibility index (Phi) is 7.51. The van der Waals surface area contributed by atoms with E-state index in [0.717, 1.165) is 18.5 Å². The van der Waals surface area contributed by atoms with E-state index < -0.39 is 0 Å². The Morgan fingerprint density at radius 3 is 2.50 bits per heavy atom. The van der Waals surface area contributed by atoms with E-state index in [1.54, 1.807) is 0 Å². The van der Waals surface area contributed by atoms with E-state index in [4.69, 9.17) is 0 Å². The van der Waals surface area contributed by atoms with E-state index in [-0.39, 0.29) is 0 Å². The predicted octanol–water partition coefficient (Wildman–Crippen LogP) is 1.62. The van der Waals surface area contributed by atoms with Crippen LogP contribution in [0.2, 0.25) is 0 Å². The molecule has 2 nitrogen and oxygen atoms in total. The summed E-state index contributed by atoms with van der Waals surface area (Å²) in [6, 6.07) is 0.731. The van der Waals surface area contributed by atoms with Crippen molar-refractivity contribution in [3.05, 3.63) is 0 Å². The minimum absolute atomic E-state index is 0.731. The first-order chi connectivity index (χ1) is 5.86. The lowest BCUT2D eigenvalue weighted by Crippen LogP contribution is -2.31. The first-order valence-electron chi connectivity index (χ1n) is 5.24. The molecule has 0 amide bonds. The summed E-state index contributed by atoms with van der Waals surface area (Å²) >= 11 is 0. The predicted molar refractivity (Wildman–Crippen MR) is 55.5 cm³/mol. The number of hydrogen-bond acceptors (Lipinski definition) is 2. The van der Waals surface area contributed by atoms with E-state index >= 15 is 0 Å². The van der Waals surface area contributed by atoms with Crippen molar-refractivity contribution in [3.63, 3.8) is 0 Å². The van der Waals surface area contributed by atoms with Crippen LogP contribution in [0.25, 0.3) is 0 Å². The van der Waals surface area contributed by atoms with Crippen LogP contribution >= 0.6 is 0 Å². The van der Waals surface area contributed by atoms with Gasteiger partial charge in [0.2, 0.25) is 0 Å². The second-order valence-corrected chi connectivity index (χ2v) is 3.17. The van der Waals surface area contributed by atoms with Crippen LogP contribution in [-0.2, 0) is 0 Å². The lowest BCUT2D eigenvalue weighted by Gasteiger charge is -2.07. The van der Waals surface area contributed by atoms with Crippen LogP contribution in [0.3, 0.4) is 0 Å². The Morgan fingerprint density at radius 2 is 2.08 bits per heavy atom. The third-order valence-corrected chi connectivity index (χ3v) is 2.34. The molecular formula is C10H24N2. The highest BCUT2D eigenvalue weighted by atomic mass is 15.0. The van der Waals surface area contributed by atoms with Gasteiger partial charge in [0.05, 0.1) is 0 Å². The molecule has 0 aliphatic carbocycles. The third kappa shape index (κ3) is 4.07. The molecule has 0 bridgehead atoms. The van der Waals surface area contributed by atoms with Crippen molar-refractivity contribution >= 4 is 0 Å². The number of nitrogens with one attached hydrogen (secondary N) is 2. The maximum atomic E-state index is 3.50. The number of rotatable bonds is 3. The minimum atomic E-state index is 0.731. The molecule has 2 N–H and O–H groups in total. The summed E-state index contributed by atoms with van der Waals surface area (Å²) in [6.07, 6.45) is 2.69. The fourth-order valence-corrected chi connectivity index (χ4v) is 1.62. The van der Waals surface area contributed by atoms with Gasteiger partial charge in [0.1, 0.15) is 0 Å². The Hall–Kier alpha value is -0.0800. The smallest absolute Gasteiger partial charge is 0.0195 e. The van der Waals surface area contributed by atoms with Gasteiger partial charge in [-0.1, -0.05) is 27.2 Å². The van der Waals surface area contributed by atoms with Gasteiger partial charge in [-0.15, -0.1) is 0 Å². The second kappa shape index (κ2) is 7.56. The molecule has 12 heavy (non-hydrogen) atoms. The molecule has 0 aromatic rings. The van der Waals surface area contributed by atoms with Gasteiger partial charge >= 0.3 is 0 Å². The standard InChI is InChI=1S/C8H18N2.C2H6/c1-3-7-4-8(6-9-2)10-5-7;1-2/h7-10H,3-6H2,1-2H3;1-2H3. The van der Waals surface area contributed by atoms with Gasteiger partial charge in [0.15, 0.2) is 0 Å². The summed E-state index contributed by atoms with van der Waals surface area (Å²) in [4.78, 5) is 0. The number of likely N-dealkylation sites (N-methyl/N-ethyl adjacent to an activating group) is 1. The van der Waals surface area contributed by atoms with Crippen LogP contribution in [0.15, 0.2) is 0 Å². The Morgan fingerprint density at radius 1 is 1.42 bits per heavy atom. The maximum Gasteiger partial charge on any atom is 0.0195 e. The van der Waals surface area contributed by atoms with E-state index in [2.05, 4.69) is 17.6 Å². The Labute approximate surface area is 77.1 Å². The molecule has 0 aromatic heterocycles. The minimum Gasteiger partial charge on any atom is -0.318 e. The molecule has 1 heterocycles. The molecule has 1 saturated heterocycles. The van der Waals surface area contributed by atoms with Crippen LogP contribution in [0, 0.1) is 5.92 Å². The van der Waals surface area contributed by atoms with Crippen LogP contribution in [0.1, 0.15) is 33.6 Å². The average Bonchev–Trinajstić information content (AvgIpc) is 2.57. The molecule has 1 rings (SSSR count). The molecule has 0 spiro atoms. The van der Waals surface area contributed by atoms with Crippen LogP contribution in [0.5, 0.6) is 0 Å². The van der Waals surface area contributed by atoms with Gasteiger partial charge < -0.3 is 10.6 Å². The molecule has 2 atom stereocenters. The van der Waals surface area contributed by atoms with Gasteiger partial charge in [-0.3, -0.25) is 0 Å². The first-order valence-corrected chi connectivity index (χ1v) is 5.24. The van der Waals surface area contributed by atoms with Crippen molar-refractivity contribution < 1.29 is 0 Å². The zero-order chi connectivity index (χ0) is 9.40. The molecular weight excluding hydrogens is 148 g/mol. The van der Waals surface area contributed by atoms with Gasteiger partial charge in [0.25, 0.3) is 0 Å². The molecule has 0 saturated carbocycles.